The molecule has 0 unspecified atom stereocenters. The molecule has 0 aromatic heterocycles. The number of ether oxygens (including phenoxy) is 1. The molecule has 21 heavy (non-hydrogen) atoms. The molecular weight excluding hydrogens is 264 g/mol. The summed E-state index contributed by atoms with van der Waals surface area (Å²) in [5.74, 6) is 0.922. The molecule has 0 atom stereocenters. The van der Waals surface area contributed by atoms with Gasteiger partial charge in [-0.2, -0.15) is 0 Å². The van der Waals surface area contributed by atoms with Crippen molar-refractivity contribution in [3.8, 4) is 5.75 Å². The zero-order valence-electron chi connectivity index (χ0n) is 13.7. The molecule has 0 aliphatic carbocycles. The lowest BCUT2D eigenvalue weighted by atomic mass is 10.1. The largest absolute Gasteiger partial charge is 0.491 e. The van der Waals surface area contributed by atoms with Crippen molar-refractivity contribution >= 4 is 6.03 Å². The van der Waals surface area contributed by atoms with E-state index in [0.29, 0.717) is 13.2 Å². The Hall–Kier alpha value is -1.71. The summed E-state index contributed by atoms with van der Waals surface area (Å²) in [6.07, 6.45) is 1.96. The number of carbonyl (C=O) groups excluding carboxylic acids is 1. The normalized spacial score (nSPS) is 10.3. The third-order valence-corrected chi connectivity index (χ3v) is 3.31. The highest BCUT2D eigenvalue weighted by Crippen LogP contribution is 2.21. The number of rotatable bonds is 8. The van der Waals surface area contributed by atoms with Crippen molar-refractivity contribution in [2.24, 2.45) is 0 Å². The van der Waals surface area contributed by atoms with Gasteiger partial charge in [-0.05, 0) is 37.8 Å². The fourth-order valence-electron chi connectivity index (χ4n) is 2.30. The first kappa shape index (κ1) is 17.3. The number of hydrogen-bond acceptors (Lipinski definition) is 2. The van der Waals surface area contributed by atoms with Gasteiger partial charge in [-0.15, -0.1) is 0 Å². The van der Waals surface area contributed by atoms with E-state index in [-0.39, 0.29) is 6.03 Å². The smallest absolute Gasteiger partial charge is 0.317 e. The molecule has 1 aromatic carbocycles. The molecule has 1 rings (SSSR count). The second-order valence-electron chi connectivity index (χ2n) is 5.29. The molecule has 0 heterocycles. The standard InChI is InChI=1S/C17H28N2O2/c1-5-11-19(12-6-2)17(20)18-10-13-21-16-14(3)8-7-9-15(16)4/h7-9H,5-6,10-13H2,1-4H3,(H,18,20). The number of benzene rings is 1. The number of amides is 2. The summed E-state index contributed by atoms with van der Waals surface area (Å²) in [6.45, 7) is 10.9. The van der Waals surface area contributed by atoms with Crippen LogP contribution in [0.15, 0.2) is 18.2 Å². The molecule has 118 valence electrons. The Morgan fingerprint density at radius 2 is 1.71 bits per heavy atom. The van der Waals surface area contributed by atoms with Crippen molar-refractivity contribution in [2.45, 2.75) is 40.5 Å². The summed E-state index contributed by atoms with van der Waals surface area (Å²) in [5.41, 5.74) is 2.25. The number of carbonyl (C=O) groups is 1. The van der Waals surface area contributed by atoms with Crippen molar-refractivity contribution in [3.05, 3.63) is 29.3 Å². The minimum Gasteiger partial charge on any atom is -0.491 e. The van der Waals surface area contributed by atoms with Crippen LogP contribution in [0.1, 0.15) is 37.8 Å². The van der Waals surface area contributed by atoms with Crippen LogP contribution in [0, 0.1) is 13.8 Å². The highest BCUT2D eigenvalue weighted by atomic mass is 16.5. The van der Waals surface area contributed by atoms with E-state index in [2.05, 4.69) is 19.2 Å². The van der Waals surface area contributed by atoms with Gasteiger partial charge in [-0.1, -0.05) is 32.0 Å². The SMILES string of the molecule is CCCN(CCC)C(=O)NCCOc1c(C)cccc1C. The molecular formula is C17H28N2O2. The van der Waals surface area contributed by atoms with Gasteiger partial charge in [0.2, 0.25) is 0 Å². The molecule has 0 aliphatic heterocycles. The Bertz CT molecular complexity index is 420. The Labute approximate surface area is 128 Å². The van der Waals surface area contributed by atoms with E-state index < -0.39 is 0 Å². The zero-order valence-corrected chi connectivity index (χ0v) is 13.7. The Balaban J connectivity index is 2.37. The topological polar surface area (TPSA) is 41.6 Å². The average Bonchev–Trinajstić information content (AvgIpc) is 2.45. The number of hydrogen-bond donors (Lipinski definition) is 1. The third kappa shape index (κ3) is 5.66. The van der Waals surface area contributed by atoms with Crippen LogP contribution in [0.5, 0.6) is 5.75 Å². The molecule has 0 saturated carbocycles. The summed E-state index contributed by atoms with van der Waals surface area (Å²) in [6, 6.07) is 6.09. The molecule has 4 heteroatoms. The van der Waals surface area contributed by atoms with Crippen LogP contribution in [-0.2, 0) is 0 Å². The first-order valence-electron chi connectivity index (χ1n) is 7.81. The van der Waals surface area contributed by atoms with Gasteiger partial charge in [-0.3, -0.25) is 0 Å². The number of nitrogens with zero attached hydrogens (tertiary/aromatic N) is 1. The Morgan fingerprint density at radius 1 is 1.14 bits per heavy atom. The van der Waals surface area contributed by atoms with Gasteiger partial charge in [0.1, 0.15) is 12.4 Å². The lowest BCUT2D eigenvalue weighted by molar-refractivity contribution is 0.194. The molecule has 0 fully saturated rings. The van der Waals surface area contributed by atoms with E-state index in [4.69, 9.17) is 4.74 Å². The summed E-state index contributed by atoms with van der Waals surface area (Å²) in [7, 11) is 0. The highest BCUT2D eigenvalue weighted by molar-refractivity contribution is 5.74. The second-order valence-corrected chi connectivity index (χ2v) is 5.29. The Morgan fingerprint density at radius 3 is 2.24 bits per heavy atom. The number of nitrogens with one attached hydrogen (secondary N) is 1. The molecule has 1 N–H and O–H groups in total. The summed E-state index contributed by atoms with van der Waals surface area (Å²) in [4.78, 5) is 13.9. The van der Waals surface area contributed by atoms with Gasteiger partial charge in [-0.25, -0.2) is 4.79 Å². The molecule has 2 amide bonds. The summed E-state index contributed by atoms with van der Waals surface area (Å²) in [5, 5.41) is 2.92. The predicted octanol–water partition coefficient (Wildman–Crippen LogP) is 3.51. The van der Waals surface area contributed by atoms with Crippen molar-refractivity contribution in [3.63, 3.8) is 0 Å². The zero-order chi connectivity index (χ0) is 15.7. The fraction of sp³-hybridized carbons (Fsp3) is 0.588. The summed E-state index contributed by atoms with van der Waals surface area (Å²) < 4.78 is 5.78. The van der Waals surface area contributed by atoms with Gasteiger partial charge in [0.25, 0.3) is 0 Å². The van der Waals surface area contributed by atoms with E-state index in [0.717, 1.165) is 42.8 Å². The van der Waals surface area contributed by atoms with Gasteiger partial charge < -0.3 is 15.0 Å². The van der Waals surface area contributed by atoms with Crippen LogP contribution in [-0.4, -0.2) is 37.2 Å². The number of aryl methyl sites for hydroxylation is 2. The van der Waals surface area contributed by atoms with Gasteiger partial charge in [0, 0.05) is 13.1 Å². The molecule has 4 nitrogen and oxygen atoms in total. The minimum atomic E-state index is 0.00352. The second kappa shape index (κ2) is 9.27. The lowest BCUT2D eigenvalue weighted by Crippen LogP contribution is -2.42. The van der Waals surface area contributed by atoms with E-state index in [9.17, 15) is 4.79 Å². The van der Waals surface area contributed by atoms with Gasteiger partial charge >= 0.3 is 6.03 Å². The highest BCUT2D eigenvalue weighted by Gasteiger charge is 2.10. The van der Waals surface area contributed by atoms with Crippen LogP contribution in [0.4, 0.5) is 4.79 Å². The number of urea groups is 1. The molecule has 0 spiro atoms. The predicted molar refractivity (Wildman–Crippen MR) is 87.0 cm³/mol. The quantitative estimate of drug-likeness (QED) is 0.745. The van der Waals surface area contributed by atoms with Crippen LogP contribution in [0.3, 0.4) is 0 Å². The van der Waals surface area contributed by atoms with Gasteiger partial charge in [0.15, 0.2) is 0 Å². The maximum Gasteiger partial charge on any atom is 0.317 e. The molecule has 1 aromatic rings. The molecule has 0 aliphatic rings. The molecule has 0 saturated heterocycles. The van der Waals surface area contributed by atoms with Gasteiger partial charge in [0.05, 0.1) is 6.54 Å². The van der Waals surface area contributed by atoms with E-state index in [1.807, 2.05) is 36.9 Å². The first-order chi connectivity index (χ1) is 10.1. The number of para-hydroxylation sites is 1. The van der Waals surface area contributed by atoms with Crippen molar-refractivity contribution in [2.75, 3.05) is 26.2 Å². The molecule has 0 radical (unpaired) electrons. The minimum absolute atomic E-state index is 0.00352. The van der Waals surface area contributed by atoms with Crippen molar-refractivity contribution in [1.82, 2.24) is 10.2 Å². The van der Waals surface area contributed by atoms with E-state index in [1.54, 1.807) is 0 Å². The maximum absolute atomic E-state index is 12.0. The van der Waals surface area contributed by atoms with Crippen molar-refractivity contribution < 1.29 is 9.53 Å². The van der Waals surface area contributed by atoms with Crippen LogP contribution in [0.2, 0.25) is 0 Å². The lowest BCUT2D eigenvalue weighted by Gasteiger charge is -2.22. The van der Waals surface area contributed by atoms with Crippen LogP contribution < -0.4 is 10.1 Å². The first-order valence-corrected chi connectivity index (χ1v) is 7.81. The summed E-state index contributed by atoms with van der Waals surface area (Å²) >= 11 is 0. The van der Waals surface area contributed by atoms with E-state index in [1.165, 1.54) is 0 Å². The fourth-order valence-corrected chi connectivity index (χ4v) is 2.30. The Kier molecular flexibility index (Phi) is 7.65. The van der Waals surface area contributed by atoms with E-state index >= 15 is 0 Å². The molecule has 0 bridgehead atoms. The monoisotopic (exact) mass is 292 g/mol. The maximum atomic E-state index is 12.0. The van der Waals surface area contributed by atoms with Crippen LogP contribution in [0.25, 0.3) is 0 Å². The van der Waals surface area contributed by atoms with Crippen LogP contribution >= 0.6 is 0 Å². The van der Waals surface area contributed by atoms with Crippen molar-refractivity contribution in [1.29, 1.82) is 0 Å². The average molecular weight is 292 g/mol. The third-order valence-electron chi connectivity index (χ3n) is 3.31.